The molecule has 1 aliphatic heterocycles. The molecule has 1 aliphatic rings. The maximum absolute atomic E-state index is 3.50. The highest BCUT2D eigenvalue weighted by Crippen LogP contribution is 2.27. The van der Waals surface area contributed by atoms with Gasteiger partial charge in [-0.2, -0.15) is 0 Å². The molecule has 0 aromatic heterocycles. The van der Waals surface area contributed by atoms with Crippen LogP contribution in [0.15, 0.2) is 0 Å². The highest BCUT2D eigenvalue weighted by Gasteiger charge is 2.30. The molecule has 2 nitrogen and oxygen atoms in total. The van der Waals surface area contributed by atoms with Crippen molar-refractivity contribution in [3.8, 4) is 0 Å². The minimum atomic E-state index is 0.421. The van der Waals surface area contributed by atoms with Gasteiger partial charge < -0.3 is 4.90 Å². The minimum absolute atomic E-state index is 0.421. The molecule has 11 heavy (non-hydrogen) atoms. The van der Waals surface area contributed by atoms with E-state index < -0.39 is 0 Å². The Bertz CT molecular complexity index is 128. The molecule has 3 heteroatoms. The lowest BCUT2D eigenvalue weighted by Gasteiger charge is -2.42. The standard InChI is InChI=1S/C8H17BrN2/c1-8(10(2)3)4-6-11(9)7-5-8/h4-7H2,1-3H3. The second kappa shape index (κ2) is 3.42. The van der Waals surface area contributed by atoms with Gasteiger partial charge in [-0.15, -0.1) is 0 Å². The summed E-state index contributed by atoms with van der Waals surface area (Å²) in [6.45, 7) is 4.66. The van der Waals surface area contributed by atoms with E-state index in [0.29, 0.717) is 5.54 Å². The molecule has 1 saturated heterocycles. The summed E-state index contributed by atoms with van der Waals surface area (Å²) in [6.07, 6.45) is 2.51. The molecule has 1 fully saturated rings. The van der Waals surface area contributed by atoms with Crippen LogP contribution in [0.25, 0.3) is 0 Å². The summed E-state index contributed by atoms with van der Waals surface area (Å²) in [5.74, 6) is 0. The molecule has 0 unspecified atom stereocenters. The van der Waals surface area contributed by atoms with E-state index >= 15 is 0 Å². The highest BCUT2D eigenvalue weighted by molar-refractivity contribution is 9.07. The van der Waals surface area contributed by atoms with E-state index in [1.165, 1.54) is 12.8 Å². The Balaban J connectivity index is 2.48. The van der Waals surface area contributed by atoms with Crippen LogP contribution < -0.4 is 0 Å². The van der Waals surface area contributed by atoms with Crippen molar-refractivity contribution < 1.29 is 0 Å². The Labute approximate surface area is 77.9 Å². The Morgan fingerprint density at radius 1 is 1.27 bits per heavy atom. The van der Waals surface area contributed by atoms with Crippen LogP contribution in [0.4, 0.5) is 0 Å². The van der Waals surface area contributed by atoms with Gasteiger partial charge in [0.15, 0.2) is 0 Å². The van der Waals surface area contributed by atoms with Crippen molar-refractivity contribution in [1.82, 2.24) is 8.83 Å². The van der Waals surface area contributed by atoms with E-state index in [4.69, 9.17) is 0 Å². The van der Waals surface area contributed by atoms with Gasteiger partial charge in [-0.1, -0.05) is 0 Å². The topological polar surface area (TPSA) is 6.48 Å². The lowest BCUT2D eigenvalue weighted by atomic mass is 9.89. The number of rotatable bonds is 1. The highest BCUT2D eigenvalue weighted by atomic mass is 79.9. The summed E-state index contributed by atoms with van der Waals surface area (Å²) < 4.78 is 2.22. The van der Waals surface area contributed by atoms with Gasteiger partial charge in [0.05, 0.1) is 0 Å². The lowest BCUT2D eigenvalue weighted by molar-refractivity contribution is 0.107. The molecule has 1 heterocycles. The van der Waals surface area contributed by atoms with Crippen LogP contribution in [-0.2, 0) is 0 Å². The Morgan fingerprint density at radius 2 is 1.73 bits per heavy atom. The number of halogens is 1. The third kappa shape index (κ3) is 2.17. The molecule has 0 aromatic rings. The number of nitrogens with zero attached hydrogens (tertiary/aromatic N) is 2. The Kier molecular flexibility index (Phi) is 2.95. The van der Waals surface area contributed by atoms with Gasteiger partial charge in [0.1, 0.15) is 0 Å². The van der Waals surface area contributed by atoms with Gasteiger partial charge in [0.25, 0.3) is 0 Å². The van der Waals surface area contributed by atoms with Crippen molar-refractivity contribution in [3.63, 3.8) is 0 Å². The zero-order valence-electron chi connectivity index (χ0n) is 7.60. The monoisotopic (exact) mass is 220 g/mol. The summed E-state index contributed by atoms with van der Waals surface area (Å²) in [7, 11) is 4.34. The molecular formula is C8H17BrN2. The molecule has 0 amide bonds. The molecule has 0 aromatic carbocycles. The van der Waals surface area contributed by atoms with Crippen molar-refractivity contribution in [1.29, 1.82) is 0 Å². The maximum Gasteiger partial charge on any atom is 0.0200 e. The molecular weight excluding hydrogens is 204 g/mol. The predicted octanol–water partition coefficient (Wildman–Crippen LogP) is 1.71. The van der Waals surface area contributed by atoms with Crippen LogP contribution in [0, 0.1) is 0 Å². The first-order chi connectivity index (χ1) is 5.04. The number of hydrogen-bond acceptors (Lipinski definition) is 2. The molecule has 0 N–H and O–H groups in total. The zero-order valence-corrected chi connectivity index (χ0v) is 9.19. The van der Waals surface area contributed by atoms with Crippen molar-refractivity contribution in [2.24, 2.45) is 0 Å². The van der Waals surface area contributed by atoms with Gasteiger partial charge >= 0.3 is 0 Å². The average molecular weight is 221 g/mol. The largest absolute Gasteiger partial charge is 0.304 e. The van der Waals surface area contributed by atoms with Crippen LogP contribution in [0.2, 0.25) is 0 Å². The first-order valence-corrected chi connectivity index (χ1v) is 4.84. The molecule has 0 radical (unpaired) electrons. The fourth-order valence-corrected chi connectivity index (χ4v) is 1.76. The summed E-state index contributed by atoms with van der Waals surface area (Å²) in [5.41, 5.74) is 0.421. The predicted molar refractivity (Wildman–Crippen MR) is 51.8 cm³/mol. The molecule has 0 saturated carbocycles. The summed E-state index contributed by atoms with van der Waals surface area (Å²) in [4.78, 5) is 2.34. The molecule has 0 aliphatic carbocycles. The fraction of sp³-hybridized carbons (Fsp3) is 1.00. The van der Waals surface area contributed by atoms with Crippen LogP contribution in [-0.4, -0.2) is 41.5 Å². The van der Waals surface area contributed by atoms with E-state index in [9.17, 15) is 0 Å². The second-order valence-electron chi connectivity index (χ2n) is 3.80. The molecule has 1 rings (SSSR count). The van der Waals surface area contributed by atoms with Gasteiger partial charge in [-0.25, -0.2) is 3.93 Å². The van der Waals surface area contributed by atoms with Gasteiger partial charge in [0, 0.05) is 34.8 Å². The van der Waals surface area contributed by atoms with Crippen molar-refractivity contribution in [3.05, 3.63) is 0 Å². The van der Waals surface area contributed by atoms with Crippen molar-refractivity contribution in [2.75, 3.05) is 27.2 Å². The summed E-state index contributed by atoms with van der Waals surface area (Å²) in [6, 6.07) is 0. The molecule has 0 atom stereocenters. The lowest BCUT2D eigenvalue weighted by Crippen LogP contribution is -2.48. The Morgan fingerprint density at radius 3 is 2.09 bits per heavy atom. The zero-order chi connectivity index (χ0) is 8.48. The van der Waals surface area contributed by atoms with Crippen LogP contribution in [0.1, 0.15) is 19.8 Å². The number of piperidine rings is 1. The van der Waals surface area contributed by atoms with Crippen LogP contribution in [0.3, 0.4) is 0 Å². The van der Waals surface area contributed by atoms with Crippen molar-refractivity contribution in [2.45, 2.75) is 25.3 Å². The van der Waals surface area contributed by atoms with Crippen LogP contribution in [0.5, 0.6) is 0 Å². The summed E-state index contributed by atoms with van der Waals surface area (Å²) in [5, 5.41) is 0. The van der Waals surface area contributed by atoms with E-state index in [2.05, 4.69) is 46.0 Å². The number of hydrogen-bond donors (Lipinski definition) is 0. The smallest absolute Gasteiger partial charge is 0.0200 e. The van der Waals surface area contributed by atoms with Gasteiger partial charge in [-0.3, -0.25) is 0 Å². The molecule has 66 valence electrons. The van der Waals surface area contributed by atoms with Crippen LogP contribution >= 0.6 is 16.1 Å². The quantitative estimate of drug-likeness (QED) is 0.622. The fourth-order valence-electron chi connectivity index (χ4n) is 1.41. The third-order valence-corrected chi connectivity index (χ3v) is 3.57. The third-order valence-electron chi connectivity index (χ3n) is 2.87. The SMILES string of the molecule is CN(C)C1(C)CCN(Br)CC1. The van der Waals surface area contributed by atoms with E-state index in [1.54, 1.807) is 0 Å². The van der Waals surface area contributed by atoms with Crippen molar-refractivity contribution >= 4 is 16.1 Å². The first kappa shape index (κ1) is 9.49. The second-order valence-corrected chi connectivity index (χ2v) is 4.80. The molecule has 0 spiro atoms. The van der Waals surface area contributed by atoms with Gasteiger partial charge in [0.2, 0.25) is 0 Å². The maximum atomic E-state index is 3.50. The van der Waals surface area contributed by atoms with E-state index in [-0.39, 0.29) is 0 Å². The Hall–Kier alpha value is 0.400. The minimum Gasteiger partial charge on any atom is -0.304 e. The van der Waals surface area contributed by atoms with E-state index in [0.717, 1.165) is 13.1 Å². The normalized spacial score (nSPS) is 25.9. The first-order valence-electron chi connectivity index (χ1n) is 4.13. The summed E-state index contributed by atoms with van der Waals surface area (Å²) >= 11 is 3.50. The van der Waals surface area contributed by atoms with Gasteiger partial charge in [-0.05, 0) is 33.9 Å². The average Bonchev–Trinajstić information content (AvgIpc) is 1.95. The molecule has 0 bridgehead atoms. The van der Waals surface area contributed by atoms with E-state index in [1.807, 2.05) is 0 Å².